The molecule has 0 radical (unpaired) electrons. The highest BCUT2D eigenvalue weighted by Gasteiger charge is 2.44. The van der Waals surface area contributed by atoms with Crippen molar-refractivity contribution in [2.24, 2.45) is 0 Å². The lowest BCUT2D eigenvalue weighted by atomic mass is 10.1. The molecule has 2 N–H and O–H groups in total. The number of alkyl halides is 3. The zero-order chi connectivity index (χ0) is 13.3. The highest BCUT2D eigenvalue weighted by atomic mass is 19.4. The molecule has 0 bridgehead atoms. The van der Waals surface area contributed by atoms with Crippen molar-refractivity contribution in [2.45, 2.75) is 51.1 Å². The molecule has 1 rings (SSSR count). The minimum atomic E-state index is -4.27. The van der Waals surface area contributed by atoms with E-state index in [-0.39, 0.29) is 13.0 Å². The molecule has 2 atom stereocenters. The van der Waals surface area contributed by atoms with Crippen LogP contribution in [-0.2, 0) is 4.74 Å². The van der Waals surface area contributed by atoms with E-state index in [1.165, 1.54) is 0 Å². The first-order chi connectivity index (χ1) is 7.58. The second-order valence-corrected chi connectivity index (χ2v) is 5.08. The van der Waals surface area contributed by atoms with Gasteiger partial charge in [-0.25, -0.2) is 4.79 Å². The maximum Gasteiger partial charge on any atom is 0.407 e. The molecule has 4 nitrogen and oxygen atoms in total. The summed E-state index contributed by atoms with van der Waals surface area (Å²) in [6.45, 7) is 5.18. The van der Waals surface area contributed by atoms with Gasteiger partial charge in [0.15, 0.2) is 0 Å². The van der Waals surface area contributed by atoms with Gasteiger partial charge in [0.25, 0.3) is 0 Å². The van der Waals surface area contributed by atoms with Gasteiger partial charge in [0.1, 0.15) is 11.6 Å². The van der Waals surface area contributed by atoms with Crippen molar-refractivity contribution >= 4 is 6.09 Å². The molecular weight excluding hydrogens is 237 g/mol. The van der Waals surface area contributed by atoms with Crippen LogP contribution >= 0.6 is 0 Å². The molecule has 0 spiro atoms. The predicted octanol–water partition coefficient (Wildman–Crippen LogP) is 1.80. The Morgan fingerprint density at radius 1 is 1.35 bits per heavy atom. The van der Waals surface area contributed by atoms with E-state index in [1.807, 2.05) is 0 Å². The Bertz CT molecular complexity index is 286. The molecule has 1 amide bonds. The molecular formula is C10H17F3N2O2. The molecule has 1 saturated heterocycles. The van der Waals surface area contributed by atoms with Crippen molar-refractivity contribution in [2.75, 3.05) is 6.54 Å². The van der Waals surface area contributed by atoms with Crippen LogP contribution in [0.2, 0.25) is 0 Å². The number of alkyl carbamates (subject to hydrolysis) is 1. The number of carbonyl (C=O) groups is 1. The van der Waals surface area contributed by atoms with Gasteiger partial charge in [-0.2, -0.15) is 13.2 Å². The standard InChI is InChI=1S/C10H17F3N2O2/c1-9(2,3)17-8(16)15-6-4-7(14-5-6)10(11,12)13/h6-7,14H,4-5H2,1-3H3,(H,15,16). The van der Waals surface area contributed by atoms with Crippen molar-refractivity contribution in [3.8, 4) is 0 Å². The van der Waals surface area contributed by atoms with Crippen LogP contribution in [0.25, 0.3) is 0 Å². The summed E-state index contributed by atoms with van der Waals surface area (Å²) in [5, 5.41) is 4.73. The maximum absolute atomic E-state index is 12.3. The lowest BCUT2D eigenvalue weighted by molar-refractivity contribution is -0.152. The number of hydrogen-bond acceptors (Lipinski definition) is 3. The number of rotatable bonds is 1. The van der Waals surface area contributed by atoms with Crippen LogP contribution in [0.5, 0.6) is 0 Å². The van der Waals surface area contributed by atoms with E-state index >= 15 is 0 Å². The molecule has 1 aliphatic heterocycles. The summed E-state index contributed by atoms with van der Waals surface area (Å²) in [6.07, 6.45) is -5.13. The zero-order valence-corrected chi connectivity index (χ0v) is 10.0. The largest absolute Gasteiger partial charge is 0.444 e. The van der Waals surface area contributed by atoms with Crippen LogP contribution < -0.4 is 10.6 Å². The van der Waals surface area contributed by atoms with Gasteiger partial charge in [-0.05, 0) is 27.2 Å². The van der Waals surface area contributed by atoms with Crippen molar-refractivity contribution < 1.29 is 22.7 Å². The van der Waals surface area contributed by atoms with Gasteiger partial charge in [0.2, 0.25) is 0 Å². The Hall–Kier alpha value is -0.980. The fraction of sp³-hybridized carbons (Fsp3) is 0.900. The molecule has 1 fully saturated rings. The minimum absolute atomic E-state index is 0.101. The van der Waals surface area contributed by atoms with Gasteiger partial charge in [-0.15, -0.1) is 0 Å². The summed E-state index contributed by atoms with van der Waals surface area (Å²) in [5.74, 6) is 0. The van der Waals surface area contributed by atoms with Gasteiger partial charge >= 0.3 is 12.3 Å². The topological polar surface area (TPSA) is 50.4 Å². The molecule has 7 heteroatoms. The SMILES string of the molecule is CC(C)(C)OC(=O)NC1CNC(C(F)(F)F)C1. The van der Waals surface area contributed by atoms with E-state index in [4.69, 9.17) is 4.74 Å². The minimum Gasteiger partial charge on any atom is -0.444 e. The van der Waals surface area contributed by atoms with Crippen molar-refractivity contribution in [1.82, 2.24) is 10.6 Å². The van der Waals surface area contributed by atoms with Crippen LogP contribution in [0.1, 0.15) is 27.2 Å². The highest BCUT2D eigenvalue weighted by molar-refractivity contribution is 5.68. The third-order valence-corrected chi connectivity index (χ3v) is 2.25. The fourth-order valence-corrected chi connectivity index (χ4v) is 1.57. The second-order valence-electron chi connectivity index (χ2n) is 5.08. The van der Waals surface area contributed by atoms with Gasteiger partial charge in [0, 0.05) is 12.6 Å². The van der Waals surface area contributed by atoms with Crippen LogP contribution in [0.4, 0.5) is 18.0 Å². The number of ether oxygens (including phenoxy) is 1. The zero-order valence-electron chi connectivity index (χ0n) is 10.0. The van der Waals surface area contributed by atoms with Crippen molar-refractivity contribution in [3.05, 3.63) is 0 Å². The normalized spacial score (nSPS) is 25.8. The Kier molecular flexibility index (Phi) is 3.91. The molecule has 17 heavy (non-hydrogen) atoms. The lowest BCUT2D eigenvalue weighted by Gasteiger charge is -2.21. The van der Waals surface area contributed by atoms with Gasteiger partial charge in [-0.3, -0.25) is 0 Å². The third-order valence-electron chi connectivity index (χ3n) is 2.25. The fourth-order valence-electron chi connectivity index (χ4n) is 1.57. The average molecular weight is 254 g/mol. The van der Waals surface area contributed by atoms with E-state index < -0.39 is 30.0 Å². The number of carbonyl (C=O) groups excluding carboxylic acids is 1. The Morgan fingerprint density at radius 2 is 1.94 bits per heavy atom. The number of amides is 1. The second kappa shape index (κ2) is 4.72. The third kappa shape index (κ3) is 4.80. The van der Waals surface area contributed by atoms with E-state index in [0.717, 1.165) is 0 Å². The molecule has 2 unspecified atom stereocenters. The lowest BCUT2D eigenvalue weighted by Crippen LogP contribution is -2.40. The highest BCUT2D eigenvalue weighted by Crippen LogP contribution is 2.26. The first kappa shape index (κ1) is 14.1. The number of hydrogen-bond donors (Lipinski definition) is 2. The predicted molar refractivity (Wildman–Crippen MR) is 55.6 cm³/mol. The summed E-state index contributed by atoms with van der Waals surface area (Å²) in [6, 6.07) is -2.10. The number of nitrogens with one attached hydrogen (secondary N) is 2. The molecule has 1 aliphatic rings. The van der Waals surface area contributed by atoms with Gasteiger partial charge in [0.05, 0.1) is 0 Å². The Morgan fingerprint density at radius 3 is 2.35 bits per heavy atom. The molecule has 1 heterocycles. The summed E-state index contributed by atoms with van der Waals surface area (Å²) < 4.78 is 42.0. The molecule has 0 saturated carbocycles. The Labute approximate surface area is 97.9 Å². The van der Waals surface area contributed by atoms with Crippen LogP contribution in [-0.4, -0.2) is 36.5 Å². The van der Waals surface area contributed by atoms with Gasteiger partial charge in [-0.1, -0.05) is 0 Å². The van der Waals surface area contributed by atoms with E-state index in [0.29, 0.717) is 0 Å². The maximum atomic E-state index is 12.3. The first-order valence-corrected chi connectivity index (χ1v) is 5.37. The molecule has 0 aliphatic carbocycles. The van der Waals surface area contributed by atoms with Crippen LogP contribution in [0.15, 0.2) is 0 Å². The summed E-state index contributed by atoms with van der Waals surface area (Å²) >= 11 is 0. The summed E-state index contributed by atoms with van der Waals surface area (Å²) in [7, 11) is 0. The molecule has 100 valence electrons. The average Bonchev–Trinajstić information content (AvgIpc) is 2.47. The molecule has 0 aromatic heterocycles. The molecule has 0 aromatic carbocycles. The smallest absolute Gasteiger partial charge is 0.407 e. The van der Waals surface area contributed by atoms with Crippen LogP contribution in [0, 0.1) is 0 Å². The monoisotopic (exact) mass is 254 g/mol. The van der Waals surface area contributed by atoms with Crippen molar-refractivity contribution in [1.29, 1.82) is 0 Å². The molecule has 0 aromatic rings. The van der Waals surface area contributed by atoms with E-state index in [2.05, 4.69) is 10.6 Å². The summed E-state index contributed by atoms with van der Waals surface area (Å²) in [4.78, 5) is 11.3. The van der Waals surface area contributed by atoms with E-state index in [1.54, 1.807) is 20.8 Å². The van der Waals surface area contributed by atoms with Crippen molar-refractivity contribution in [3.63, 3.8) is 0 Å². The van der Waals surface area contributed by atoms with E-state index in [9.17, 15) is 18.0 Å². The Balaban J connectivity index is 2.38. The first-order valence-electron chi connectivity index (χ1n) is 5.37. The van der Waals surface area contributed by atoms with Crippen LogP contribution in [0.3, 0.4) is 0 Å². The summed E-state index contributed by atoms with van der Waals surface area (Å²) in [5.41, 5.74) is -0.653. The quantitative estimate of drug-likeness (QED) is 0.750. The number of halogens is 3. The van der Waals surface area contributed by atoms with Gasteiger partial charge < -0.3 is 15.4 Å².